The van der Waals surface area contributed by atoms with Gasteiger partial charge in [0.15, 0.2) is 0 Å². The molecule has 1 rings (SSSR count). The summed E-state index contributed by atoms with van der Waals surface area (Å²) in [6.07, 6.45) is 4.68. The Labute approximate surface area is 122 Å². The first-order chi connectivity index (χ1) is 9.19. The Kier molecular flexibility index (Phi) is 8.35. The second-order valence-corrected chi connectivity index (χ2v) is 6.63. The zero-order valence-electron chi connectivity index (χ0n) is 12.9. The van der Waals surface area contributed by atoms with Crippen LogP contribution in [0.5, 0.6) is 0 Å². The molecule has 0 bridgehead atoms. The molecule has 2 nitrogen and oxygen atoms in total. The largest absolute Gasteiger partial charge is 0.384 e. The zero-order chi connectivity index (χ0) is 14.1. The fourth-order valence-corrected chi connectivity index (χ4v) is 3.43. The van der Waals surface area contributed by atoms with Gasteiger partial charge >= 0.3 is 0 Å². The van der Waals surface area contributed by atoms with Crippen molar-refractivity contribution in [3.63, 3.8) is 0 Å². The third-order valence-electron chi connectivity index (χ3n) is 3.33. The highest BCUT2D eigenvalue weighted by Gasteiger charge is 2.14. The van der Waals surface area contributed by atoms with Gasteiger partial charge in [-0.3, -0.25) is 0 Å². The van der Waals surface area contributed by atoms with Crippen molar-refractivity contribution in [1.29, 1.82) is 0 Å². The molecule has 19 heavy (non-hydrogen) atoms. The zero-order valence-corrected chi connectivity index (χ0v) is 13.7. The fourth-order valence-electron chi connectivity index (χ4n) is 2.39. The molecule has 2 unspecified atom stereocenters. The molecule has 0 aliphatic rings. The van der Waals surface area contributed by atoms with Crippen molar-refractivity contribution in [2.75, 3.05) is 20.3 Å². The van der Waals surface area contributed by atoms with Crippen LogP contribution in [-0.4, -0.2) is 26.3 Å². The van der Waals surface area contributed by atoms with Crippen molar-refractivity contribution in [2.45, 2.75) is 52.5 Å². The Bertz CT molecular complexity index is 337. The van der Waals surface area contributed by atoms with Crippen molar-refractivity contribution >= 4 is 11.3 Å². The minimum atomic E-state index is 0.577. The van der Waals surface area contributed by atoms with Gasteiger partial charge in [-0.25, -0.2) is 0 Å². The Morgan fingerprint density at radius 2 is 2.00 bits per heavy atom. The number of thiophene rings is 1. The minimum absolute atomic E-state index is 0.577. The van der Waals surface area contributed by atoms with Gasteiger partial charge in [0.2, 0.25) is 0 Å². The quantitative estimate of drug-likeness (QED) is 0.703. The van der Waals surface area contributed by atoms with Crippen LogP contribution in [0.25, 0.3) is 0 Å². The number of hydrogen-bond acceptors (Lipinski definition) is 3. The summed E-state index contributed by atoms with van der Waals surface area (Å²) in [6.45, 7) is 8.69. The number of methoxy groups -OCH3 is 1. The van der Waals surface area contributed by atoms with Crippen LogP contribution in [0.1, 0.15) is 43.4 Å². The lowest BCUT2D eigenvalue weighted by Crippen LogP contribution is -2.33. The number of aryl methyl sites for hydroxylation is 1. The molecule has 0 aromatic carbocycles. The van der Waals surface area contributed by atoms with Crippen LogP contribution < -0.4 is 5.32 Å². The second-order valence-electron chi connectivity index (χ2n) is 5.37. The van der Waals surface area contributed by atoms with E-state index in [0.29, 0.717) is 12.0 Å². The first kappa shape index (κ1) is 16.7. The summed E-state index contributed by atoms with van der Waals surface area (Å²) in [5.41, 5.74) is 0. The summed E-state index contributed by atoms with van der Waals surface area (Å²) >= 11 is 1.96. The maximum Gasteiger partial charge on any atom is 0.0488 e. The number of nitrogens with one attached hydrogen (secondary N) is 1. The van der Waals surface area contributed by atoms with Crippen molar-refractivity contribution in [1.82, 2.24) is 5.32 Å². The molecular weight excluding hydrogens is 254 g/mol. The molecule has 2 atom stereocenters. The van der Waals surface area contributed by atoms with Crippen LogP contribution in [0, 0.1) is 5.92 Å². The van der Waals surface area contributed by atoms with E-state index >= 15 is 0 Å². The van der Waals surface area contributed by atoms with Crippen LogP contribution in [0.3, 0.4) is 0 Å². The summed E-state index contributed by atoms with van der Waals surface area (Å²) in [6, 6.07) is 5.15. The van der Waals surface area contributed by atoms with Gasteiger partial charge in [-0.1, -0.05) is 20.8 Å². The van der Waals surface area contributed by atoms with E-state index in [2.05, 4.69) is 38.2 Å². The van der Waals surface area contributed by atoms with E-state index in [1.807, 2.05) is 11.3 Å². The van der Waals surface area contributed by atoms with Crippen LogP contribution in [0.4, 0.5) is 0 Å². The predicted octanol–water partition coefficient (Wildman–Crippen LogP) is 3.89. The van der Waals surface area contributed by atoms with Gasteiger partial charge in [-0.05, 0) is 50.3 Å². The van der Waals surface area contributed by atoms with E-state index in [4.69, 9.17) is 4.74 Å². The van der Waals surface area contributed by atoms with Gasteiger partial charge in [0, 0.05) is 29.5 Å². The SMILES string of the molecule is CCCNC(Cc1ccc(CC)s1)CC(C)COC. The van der Waals surface area contributed by atoms with Crippen LogP contribution >= 0.6 is 11.3 Å². The summed E-state index contributed by atoms with van der Waals surface area (Å²) in [5, 5.41) is 3.69. The third-order valence-corrected chi connectivity index (χ3v) is 4.59. The van der Waals surface area contributed by atoms with E-state index in [9.17, 15) is 0 Å². The lowest BCUT2D eigenvalue weighted by Gasteiger charge is -2.21. The summed E-state index contributed by atoms with van der Waals surface area (Å²) < 4.78 is 5.26. The van der Waals surface area contributed by atoms with E-state index in [-0.39, 0.29) is 0 Å². The normalized spacial score (nSPS) is 14.5. The molecule has 0 aliphatic carbocycles. The molecule has 0 saturated carbocycles. The number of rotatable bonds is 10. The average molecular weight is 283 g/mol. The Morgan fingerprint density at radius 3 is 2.58 bits per heavy atom. The molecule has 0 fully saturated rings. The van der Waals surface area contributed by atoms with Crippen molar-refractivity contribution in [3.8, 4) is 0 Å². The van der Waals surface area contributed by atoms with Crippen LogP contribution in [0.15, 0.2) is 12.1 Å². The summed E-state index contributed by atoms with van der Waals surface area (Å²) in [7, 11) is 1.79. The average Bonchev–Trinajstić information content (AvgIpc) is 2.84. The van der Waals surface area contributed by atoms with E-state index in [0.717, 1.165) is 26.0 Å². The highest BCUT2D eigenvalue weighted by molar-refractivity contribution is 7.11. The van der Waals surface area contributed by atoms with Crippen LogP contribution in [-0.2, 0) is 17.6 Å². The van der Waals surface area contributed by atoms with Gasteiger partial charge in [0.25, 0.3) is 0 Å². The Hall–Kier alpha value is -0.380. The standard InChI is InChI=1S/C16H29NOS/c1-5-9-17-14(10-13(3)12-18-4)11-16-8-7-15(6-2)19-16/h7-8,13-14,17H,5-6,9-12H2,1-4H3. The van der Waals surface area contributed by atoms with Crippen molar-refractivity contribution in [3.05, 3.63) is 21.9 Å². The fraction of sp³-hybridized carbons (Fsp3) is 0.750. The van der Waals surface area contributed by atoms with Gasteiger partial charge in [-0.15, -0.1) is 11.3 Å². The molecule has 110 valence electrons. The first-order valence-electron chi connectivity index (χ1n) is 7.49. The maximum atomic E-state index is 5.26. The highest BCUT2D eigenvalue weighted by atomic mass is 32.1. The van der Waals surface area contributed by atoms with E-state index in [1.54, 1.807) is 7.11 Å². The van der Waals surface area contributed by atoms with Crippen molar-refractivity contribution in [2.24, 2.45) is 5.92 Å². The smallest absolute Gasteiger partial charge is 0.0488 e. The lowest BCUT2D eigenvalue weighted by molar-refractivity contribution is 0.149. The van der Waals surface area contributed by atoms with Gasteiger partial charge in [0.05, 0.1) is 0 Å². The Morgan fingerprint density at radius 1 is 1.26 bits per heavy atom. The monoisotopic (exact) mass is 283 g/mol. The number of ether oxygens (including phenoxy) is 1. The lowest BCUT2D eigenvalue weighted by atomic mass is 9.99. The first-order valence-corrected chi connectivity index (χ1v) is 8.31. The minimum Gasteiger partial charge on any atom is -0.384 e. The molecule has 0 amide bonds. The molecule has 1 heterocycles. The maximum absolute atomic E-state index is 5.26. The molecule has 0 radical (unpaired) electrons. The van der Waals surface area contributed by atoms with Gasteiger partial charge in [0.1, 0.15) is 0 Å². The molecule has 1 aromatic rings. The summed E-state index contributed by atoms with van der Waals surface area (Å²) in [5.74, 6) is 0.616. The molecule has 3 heteroatoms. The molecule has 0 saturated heterocycles. The highest BCUT2D eigenvalue weighted by Crippen LogP contribution is 2.20. The van der Waals surface area contributed by atoms with E-state index < -0.39 is 0 Å². The third kappa shape index (κ3) is 6.55. The van der Waals surface area contributed by atoms with Gasteiger partial charge < -0.3 is 10.1 Å². The molecular formula is C16H29NOS. The molecule has 0 aliphatic heterocycles. The van der Waals surface area contributed by atoms with Gasteiger partial charge in [-0.2, -0.15) is 0 Å². The van der Waals surface area contributed by atoms with E-state index in [1.165, 1.54) is 22.6 Å². The van der Waals surface area contributed by atoms with Crippen molar-refractivity contribution < 1.29 is 4.74 Å². The van der Waals surface area contributed by atoms with Crippen LogP contribution in [0.2, 0.25) is 0 Å². The number of hydrogen-bond donors (Lipinski definition) is 1. The molecule has 1 N–H and O–H groups in total. The second kappa shape index (κ2) is 9.51. The molecule has 0 spiro atoms. The Balaban J connectivity index is 2.52. The molecule has 1 aromatic heterocycles. The predicted molar refractivity (Wildman–Crippen MR) is 85.1 cm³/mol. The topological polar surface area (TPSA) is 21.3 Å². The summed E-state index contributed by atoms with van der Waals surface area (Å²) in [4.78, 5) is 3.00.